The van der Waals surface area contributed by atoms with Crippen LogP contribution < -0.4 is 11.1 Å². The van der Waals surface area contributed by atoms with Gasteiger partial charge in [-0.25, -0.2) is 4.79 Å². The SMILES string of the molecule is NCCCCC(Nc1c([N+](=O)[O-])cc([N+](=O)[O-])cc1[N+](=O)[O-])C(=O)O. The van der Waals surface area contributed by atoms with Crippen molar-refractivity contribution in [2.75, 3.05) is 11.9 Å². The lowest BCUT2D eigenvalue weighted by atomic mass is 10.1. The van der Waals surface area contributed by atoms with E-state index >= 15 is 0 Å². The third-order valence-corrected chi connectivity index (χ3v) is 3.25. The molecule has 0 spiro atoms. The number of hydrogen-bond donors (Lipinski definition) is 3. The van der Waals surface area contributed by atoms with E-state index in [1.54, 1.807) is 0 Å². The monoisotopic (exact) mass is 357 g/mol. The summed E-state index contributed by atoms with van der Waals surface area (Å²) < 4.78 is 0. The van der Waals surface area contributed by atoms with E-state index in [4.69, 9.17) is 5.73 Å². The van der Waals surface area contributed by atoms with Crippen LogP contribution in [0.1, 0.15) is 19.3 Å². The van der Waals surface area contributed by atoms with Gasteiger partial charge in [0.25, 0.3) is 5.69 Å². The first-order valence-corrected chi connectivity index (χ1v) is 6.99. The fraction of sp³-hybridized carbons (Fsp3) is 0.417. The number of aliphatic carboxylic acids is 1. The number of benzene rings is 1. The number of rotatable bonds is 10. The van der Waals surface area contributed by atoms with Crippen LogP contribution in [0.15, 0.2) is 12.1 Å². The number of nitrogens with one attached hydrogen (secondary N) is 1. The first-order valence-electron chi connectivity index (χ1n) is 6.99. The molecule has 13 heteroatoms. The number of non-ortho nitro benzene ring substituents is 1. The predicted molar refractivity (Wildman–Crippen MR) is 84.4 cm³/mol. The number of carboxylic acid groups (broad SMARTS) is 1. The topological polar surface area (TPSA) is 205 Å². The Labute approximate surface area is 139 Å². The van der Waals surface area contributed by atoms with Crippen LogP contribution in [0, 0.1) is 30.3 Å². The summed E-state index contributed by atoms with van der Waals surface area (Å²) in [5, 5.41) is 44.5. The molecule has 1 rings (SSSR count). The number of anilines is 1. The second kappa shape index (κ2) is 8.49. The number of nitro benzene ring substituents is 3. The molecule has 136 valence electrons. The van der Waals surface area contributed by atoms with E-state index < -0.39 is 49.5 Å². The van der Waals surface area contributed by atoms with E-state index in [0.29, 0.717) is 31.5 Å². The summed E-state index contributed by atoms with van der Waals surface area (Å²) in [5.74, 6) is -1.38. The van der Waals surface area contributed by atoms with E-state index in [0.717, 1.165) is 0 Å². The van der Waals surface area contributed by atoms with E-state index in [1.165, 1.54) is 0 Å². The van der Waals surface area contributed by atoms with Crippen molar-refractivity contribution >= 4 is 28.7 Å². The average molecular weight is 357 g/mol. The minimum Gasteiger partial charge on any atom is -0.480 e. The highest BCUT2D eigenvalue weighted by Crippen LogP contribution is 2.39. The number of unbranched alkanes of at least 4 members (excludes halogenated alkanes) is 1. The Morgan fingerprint density at radius 1 is 1.08 bits per heavy atom. The number of nitrogens with two attached hydrogens (primary N) is 1. The molecule has 4 N–H and O–H groups in total. The van der Waals surface area contributed by atoms with Gasteiger partial charge in [-0.05, 0) is 25.8 Å². The van der Waals surface area contributed by atoms with Crippen LogP contribution in [0.5, 0.6) is 0 Å². The molecule has 0 aliphatic rings. The van der Waals surface area contributed by atoms with Gasteiger partial charge < -0.3 is 16.2 Å². The summed E-state index contributed by atoms with van der Waals surface area (Å²) in [7, 11) is 0. The quantitative estimate of drug-likeness (QED) is 0.311. The van der Waals surface area contributed by atoms with Crippen LogP contribution >= 0.6 is 0 Å². The van der Waals surface area contributed by atoms with Gasteiger partial charge in [-0.15, -0.1) is 0 Å². The Morgan fingerprint density at radius 3 is 1.96 bits per heavy atom. The van der Waals surface area contributed by atoms with Crippen LogP contribution in [0.3, 0.4) is 0 Å². The van der Waals surface area contributed by atoms with Gasteiger partial charge >= 0.3 is 17.3 Å². The second-order valence-corrected chi connectivity index (χ2v) is 4.95. The van der Waals surface area contributed by atoms with Gasteiger partial charge in [-0.3, -0.25) is 30.3 Å². The molecule has 0 fully saturated rings. The third kappa shape index (κ3) is 5.07. The van der Waals surface area contributed by atoms with E-state index in [9.17, 15) is 40.2 Å². The molecule has 0 heterocycles. The van der Waals surface area contributed by atoms with Gasteiger partial charge in [0, 0.05) is 0 Å². The van der Waals surface area contributed by atoms with Crippen LogP contribution in [0.4, 0.5) is 22.7 Å². The number of carbonyl (C=O) groups is 1. The third-order valence-electron chi connectivity index (χ3n) is 3.25. The highest BCUT2D eigenvalue weighted by molar-refractivity contribution is 5.83. The molecule has 1 unspecified atom stereocenters. The highest BCUT2D eigenvalue weighted by Gasteiger charge is 2.33. The summed E-state index contributed by atoms with van der Waals surface area (Å²) in [6.45, 7) is 0.310. The summed E-state index contributed by atoms with van der Waals surface area (Å²) in [4.78, 5) is 41.3. The number of nitro groups is 3. The molecule has 0 aliphatic heterocycles. The summed E-state index contributed by atoms with van der Waals surface area (Å²) in [6, 6.07) is -0.284. The zero-order valence-corrected chi connectivity index (χ0v) is 12.8. The molecule has 13 nitrogen and oxygen atoms in total. The Morgan fingerprint density at radius 2 is 1.60 bits per heavy atom. The normalized spacial score (nSPS) is 11.6. The summed E-state index contributed by atoms with van der Waals surface area (Å²) in [5.41, 5.74) is 1.86. The minimum atomic E-state index is -1.38. The summed E-state index contributed by atoms with van der Waals surface area (Å²) >= 11 is 0. The maximum Gasteiger partial charge on any atom is 0.326 e. The maximum absolute atomic E-state index is 11.3. The smallest absolute Gasteiger partial charge is 0.326 e. The van der Waals surface area contributed by atoms with Gasteiger partial charge in [0.1, 0.15) is 6.04 Å². The number of nitrogens with zero attached hydrogens (tertiary/aromatic N) is 3. The van der Waals surface area contributed by atoms with Gasteiger partial charge in [-0.1, -0.05) is 0 Å². The largest absolute Gasteiger partial charge is 0.480 e. The fourth-order valence-electron chi connectivity index (χ4n) is 2.06. The standard InChI is InChI=1S/C12H15N5O8/c13-4-2-1-3-8(12(18)19)14-11-9(16(22)23)5-7(15(20)21)6-10(11)17(24)25/h5-6,8,14H,1-4,13H2,(H,18,19). The molecule has 1 aromatic carbocycles. The van der Waals surface area contributed by atoms with Gasteiger partial charge in [-0.2, -0.15) is 0 Å². The van der Waals surface area contributed by atoms with Crippen molar-refractivity contribution in [3.05, 3.63) is 42.5 Å². The average Bonchev–Trinajstić information content (AvgIpc) is 2.52. The zero-order valence-electron chi connectivity index (χ0n) is 12.8. The molecule has 1 atom stereocenters. The first-order chi connectivity index (χ1) is 11.7. The Kier molecular flexibility index (Phi) is 6.69. The van der Waals surface area contributed by atoms with Crippen molar-refractivity contribution in [3.63, 3.8) is 0 Å². The molecule has 0 aliphatic carbocycles. The van der Waals surface area contributed by atoms with Crippen LogP contribution in [0.25, 0.3) is 0 Å². The molecule has 0 saturated heterocycles. The van der Waals surface area contributed by atoms with E-state index in [2.05, 4.69) is 5.32 Å². The molecule has 0 amide bonds. The van der Waals surface area contributed by atoms with Gasteiger partial charge in [0.05, 0.1) is 26.9 Å². The van der Waals surface area contributed by atoms with Gasteiger partial charge in [0.15, 0.2) is 5.69 Å². The molecular formula is C12H15N5O8. The lowest BCUT2D eigenvalue weighted by Gasteiger charge is -2.15. The Bertz CT molecular complexity index is 672. The molecule has 0 bridgehead atoms. The van der Waals surface area contributed by atoms with Crippen molar-refractivity contribution in [3.8, 4) is 0 Å². The Balaban J connectivity index is 3.39. The number of carboxylic acids is 1. The molecule has 0 saturated carbocycles. The van der Waals surface area contributed by atoms with Gasteiger partial charge in [0.2, 0.25) is 0 Å². The summed E-state index contributed by atoms with van der Waals surface area (Å²) in [6.07, 6.45) is 0.878. The van der Waals surface area contributed by atoms with E-state index in [1.807, 2.05) is 0 Å². The zero-order chi connectivity index (χ0) is 19.1. The van der Waals surface area contributed by atoms with Crippen molar-refractivity contribution in [2.45, 2.75) is 25.3 Å². The molecule has 0 aromatic heterocycles. The number of hydrogen-bond acceptors (Lipinski definition) is 9. The second-order valence-electron chi connectivity index (χ2n) is 4.95. The highest BCUT2D eigenvalue weighted by atomic mass is 16.6. The van der Waals surface area contributed by atoms with Crippen LogP contribution in [-0.2, 0) is 4.79 Å². The van der Waals surface area contributed by atoms with Crippen molar-refractivity contribution in [1.29, 1.82) is 0 Å². The minimum absolute atomic E-state index is 0.0117. The first kappa shape index (κ1) is 19.7. The van der Waals surface area contributed by atoms with Crippen LogP contribution in [-0.4, -0.2) is 38.4 Å². The van der Waals surface area contributed by atoms with Crippen molar-refractivity contribution in [1.82, 2.24) is 0 Å². The van der Waals surface area contributed by atoms with Crippen molar-refractivity contribution in [2.24, 2.45) is 5.73 Å². The predicted octanol–water partition coefficient (Wildman–Crippen LogP) is 1.41. The lowest BCUT2D eigenvalue weighted by Crippen LogP contribution is -2.30. The van der Waals surface area contributed by atoms with Crippen molar-refractivity contribution < 1.29 is 24.7 Å². The maximum atomic E-state index is 11.3. The Hall–Kier alpha value is -3.35. The molecule has 25 heavy (non-hydrogen) atoms. The molecular weight excluding hydrogens is 342 g/mol. The molecule has 0 radical (unpaired) electrons. The van der Waals surface area contributed by atoms with E-state index in [-0.39, 0.29) is 6.42 Å². The lowest BCUT2D eigenvalue weighted by molar-refractivity contribution is -0.401. The molecule has 1 aromatic rings. The van der Waals surface area contributed by atoms with Crippen LogP contribution in [0.2, 0.25) is 0 Å². The fourth-order valence-corrected chi connectivity index (χ4v) is 2.06.